The molecule has 0 atom stereocenters. The van der Waals surface area contributed by atoms with E-state index in [0.29, 0.717) is 0 Å². The Morgan fingerprint density at radius 2 is 1.24 bits per heavy atom. The summed E-state index contributed by atoms with van der Waals surface area (Å²) < 4.78 is 13.4. The van der Waals surface area contributed by atoms with Gasteiger partial charge in [-0.3, -0.25) is 0 Å². The van der Waals surface area contributed by atoms with E-state index in [4.69, 9.17) is 15.8 Å². The summed E-state index contributed by atoms with van der Waals surface area (Å²) in [5.41, 5.74) is -1.43. The number of rotatable bonds is 6. The summed E-state index contributed by atoms with van der Waals surface area (Å²) in [5, 5.41) is 36.5. The summed E-state index contributed by atoms with van der Waals surface area (Å²) in [6.45, 7) is 0. The van der Waals surface area contributed by atoms with Crippen LogP contribution in [0, 0.1) is 34.0 Å². The molecule has 0 aliphatic carbocycles. The first-order chi connectivity index (χ1) is 11.9. The van der Waals surface area contributed by atoms with Crippen molar-refractivity contribution in [2.24, 2.45) is 0 Å². The Morgan fingerprint density at radius 1 is 0.800 bits per heavy atom. The number of carbonyl (C=O) groups is 2. The van der Waals surface area contributed by atoms with Gasteiger partial charge in [0.2, 0.25) is 0 Å². The van der Waals surface area contributed by atoms with Crippen LogP contribution in [0.25, 0.3) is 0 Å². The van der Waals surface area contributed by atoms with Gasteiger partial charge in [0.1, 0.15) is 34.9 Å². The molecule has 0 radical (unpaired) electrons. The van der Waals surface area contributed by atoms with Gasteiger partial charge in [0, 0.05) is 0 Å². The smallest absolute Gasteiger partial charge is 0.348 e. The second kappa shape index (κ2) is 10.7. The van der Waals surface area contributed by atoms with Gasteiger partial charge < -0.3 is 19.3 Å². The molecule has 9 heteroatoms. The second-order valence-electron chi connectivity index (χ2n) is 4.00. The van der Waals surface area contributed by atoms with Crippen LogP contribution in [0.1, 0.15) is 0 Å². The molecule has 0 aromatic rings. The number of allylic oxidation sites excluding steroid dienone is 5. The number of aliphatic hydroxyl groups is 1. The van der Waals surface area contributed by atoms with Gasteiger partial charge in [-0.1, -0.05) is 0 Å². The number of carbonyl (C=O) groups excluding carboxylic acids is 2. The fraction of sp³-hybridized carbons (Fsp3) is 0.188. The fourth-order valence-electron chi connectivity index (χ4n) is 1.37. The highest BCUT2D eigenvalue weighted by Gasteiger charge is 2.13. The number of methoxy groups -OCH3 is 3. The lowest BCUT2D eigenvalue weighted by molar-refractivity contribution is -0.136. The molecule has 25 heavy (non-hydrogen) atoms. The van der Waals surface area contributed by atoms with E-state index in [1.165, 1.54) is 0 Å². The molecular weight excluding hydrogens is 330 g/mol. The van der Waals surface area contributed by atoms with Gasteiger partial charge in [0.25, 0.3) is 5.95 Å². The molecule has 0 saturated heterocycles. The second-order valence-corrected chi connectivity index (χ2v) is 4.00. The number of nitriles is 3. The molecule has 0 aliphatic heterocycles. The molecule has 0 saturated carbocycles. The summed E-state index contributed by atoms with van der Waals surface area (Å²) >= 11 is 0. The molecule has 0 aliphatic rings. The van der Waals surface area contributed by atoms with Crippen LogP contribution in [0.4, 0.5) is 0 Å². The highest BCUT2D eigenvalue weighted by Crippen LogP contribution is 2.14. The Balaban J connectivity index is 6.52. The number of ether oxygens (including phenoxy) is 3. The Hall–Kier alpha value is -4.03. The van der Waals surface area contributed by atoms with Gasteiger partial charge in [-0.2, -0.15) is 15.8 Å². The lowest BCUT2D eigenvalue weighted by Gasteiger charge is -2.02. The number of aliphatic hydroxyl groups excluding tert-OH is 1. The molecule has 0 rings (SSSR count). The van der Waals surface area contributed by atoms with Crippen molar-refractivity contribution in [3.05, 3.63) is 46.5 Å². The lowest BCUT2D eigenvalue weighted by Crippen LogP contribution is -2.05. The maximum atomic E-state index is 11.5. The van der Waals surface area contributed by atoms with Crippen molar-refractivity contribution < 1.29 is 28.9 Å². The molecule has 0 fully saturated rings. The number of hydrogen-bond acceptors (Lipinski definition) is 9. The Bertz CT molecular complexity index is 751. The first-order valence-electron chi connectivity index (χ1n) is 6.37. The largest absolute Gasteiger partial charge is 0.480 e. The van der Waals surface area contributed by atoms with E-state index in [1.807, 2.05) is 0 Å². The minimum Gasteiger partial charge on any atom is -0.480 e. The molecule has 0 heterocycles. The Morgan fingerprint density at radius 3 is 1.52 bits per heavy atom. The predicted octanol–water partition coefficient (Wildman–Crippen LogP) is 1.10. The van der Waals surface area contributed by atoms with E-state index in [1.54, 1.807) is 18.2 Å². The standard InChI is InChI=1S/C16H13N3O6/c1-23-14(20)11(7-17)4-10(5-12(8-18)15(21)24-2)6-13(9-19)16(22)25-3/h4-6,20H,1-3H3/b12-5-,13-6-,14-11?. The summed E-state index contributed by atoms with van der Waals surface area (Å²) in [7, 11) is 3.22. The molecular formula is C16H13N3O6. The average molecular weight is 343 g/mol. The monoisotopic (exact) mass is 343 g/mol. The molecule has 0 aromatic heterocycles. The van der Waals surface area contributed by atoms with Crippen LogP contribution in [0.3, 0.4) is 0 Å². The predicted molar refractivity (Wildman–Crippen MR) is 81.8 cm³/mol. The minimum absolute atomic E-state index is 0.107. The van der Waals surface area contributed by atoms with Crippen molar-refractivity contribution in [1.82, 2.24) is 0 Å². The summed E-state index contributed by atoms with van der Waals surface area (Å²) in [4.78, 5) is 23.0. The zero-order chi connectivity index (χ0) is 19.4. The van der Waals surface area contributed by atoms with Gasteiger partial charge >= 0.3 is 11.9 Å². The van der Waals surface area contributed by atoms with Crippen molar-refractivity contribution in [1.29, 1.82) is 15.8 Å². The normalized spacial score (nSPS) is 11.7. The van der Waals surface area contributed by atoms with Gasteiger partial charge in [0.05, 0.1) is 21.3 Å². The van der Waals surface area contributed by atoms with E-state index in [9.17, 15) is 14.7 Å². The third-order valence-electron chi connectivity index (χ3n) is 2.53. The van der Waals surface area contributed by atoms with Crippen molar-refractivity contribution >= 4 is 11.9 Å². The van der Waals surface area contributed by atoms with Gasteiger partial charge in [-0.05, 0) is 23.8 Å². The summed E-state index contributed by atoms with van der Waals surface area (Å²) in [5.74, 6) is -2.69. The lowest BCUT2D eigenvalue weighted by atomic mass is 10.1. The zero-order valence-corrected chi connectivity index (χ0v) is 13.6. The van der Waals surface area contributed by atoms with Crippen LogP contribution in [0.15, 0.2) is 46.5 Å². The van der Waals surface area contributed by atoms with Crippen LogP contribution >= 0.6 is 0 Å². The molecule has 0 amide bonds. The number of esters is 2. The molecule has 0 unspecified atom stereocenters. The van der Waals surface area contributed by atoms with Gasteiger partial charge in [-0.25, -0.2) is 9.59 Å². The fourth-order valence-corrected chi connectivity index (χ4v) is 1.37. The Labute approximate surface area is 143 Å². The van der Waals surface area contributed by atoms with Crippen molar-refractivity contribution in [3.63, 3.8) is 0 Å². The quantitative estimate of drug-likeness (QED) is 0.245. The van der Waals surface area contributed by atoms with Gasteiger partial charge in [0.15, 0.2) is 0 Å². The van der Waals surface area contributed by atoms with Crippen molar-refractivity contribution in [2.45, 2.75) is 0 Å². The molecule has 128 valence electrons. The van der Waals surface area contributed by atoms with Crippen LogP contribution in [0.5, 0.6) is 0 Å². The van der Waals surface area contributed by atoms with Gasteiger partial charge in [-0.15, -0.1) is 0 Å². The highest BCUT2D eigenvalue weighted by molar-refractivity contribution is 5.95. The van der Waals surface area contributed by atoms with E-state index < -0.39 is 29.0 Å². The third kappa shape index (κ3) is 6.31. The molecule has 0 spiro atoms. The molecule has 1 N–H and O–H groups in total. The summed E-state index contributed by atoms with van der Waals surface area (Å²) in [6.07, 6.45) is 2.93. The van der Waals surface area contributed by atoms with E-state index >= 15 is 0 Å². The summed E-state index contributed by atoms with van der Waals surface area (Å²) in [6, 6.07) is 4.78. The average Bonchev–Trinajstić information content (AvgIpc) is 2.65. The van der Waals surface area contributed by atoms with Crippen LogP contribution in [-0.2, 0) is 23.8 Å². The van der Waals surface area contributed by atoms with Crippen LogP contribution in [0.2, 0.25) is 0 Å². The molecule has 0 aromatic carbocycles. The first kappa shape index (κ1) is 21.0. The van der Waals surface area contributed by atoms with Crippen LogP contribution in [-0.4, -0.2) is 38.4 Å². The van der Waals surface area contributed by atoms with E-state index in [0.717, 1.165) is 39.6 Å². The topological polar surface area (TPSA) is 153 Å². The Kier molecular flexibility index (Phi) is 8.94. The van der Waals surface area contributed by atoms with Crippen LogP contribution < -0.4 is 0 Å². The van der Waals surface area contributed by atoms with Crippen molar-refractivity contribution in [2.75, 3.05) is 21.3 Å². The zero-order valence-electron chi connectivity index (χ0n) is 13.6. The SMILES string of the molecule is COC(=O)/C(C#N)=C\C(=CC(C#N)=C(O)OC)/C=C(/C#N)C(=O)OC. The van der Waals surface area contributed by atoms with Crippen molar-refractivity contribution in [3.8, 4) is 18.2 Å². The number of nitrogens with zero attached hydrogens (tertiary/aromatic N) is 3. The highest BCUT2D eigenvalue weighted by atomic mass is 16.6. The third-order valence-corrected chi connectivity index (χ3v) is 2.53. The minimum atomic E-state index is -0.975. The van der Waals surface area contributed by atoms with E-state index in [2.05, 4.69) is 14.2 Å². The van der Waals surface area contributed by atoms with E-state index in [-0.39, 0.29) is 11.1 Å². The maximum Gasteiger partial charge on any atom is 0.348 e. The first-order valence-corrected chi connectivity index (χ1v) is 6.37. The molecule has 0 bridgehead atoms. The number of hydrogen-bond donors (Lipinski definition) is 1. The molecule has 9 nitrogen and oxygen atoms in total. The maximum absolute atomic E-state index is 11.5.